The zero-order chi connectivity index (χ0) is 19.9. The highest BCUT2D eigenvalue weighted by Gasteiger charge is 2.18. The van der Waals surface area contributed by atoms with Crippen molar-refractivity contribution in [2.24, 2.45) is 4.99 Å². The normalized spacial score (nSPS) is 16.4. The summed E-state index contributed by atoms with van der Waals surface area (Å²) >= 11 is 0. The van der Waals surface area contributed by atoms with Gasteiger partial charge in [-0.25, -0.2) is 4.98 Å². The van der Waals surface area contributed by atoms with Crippen molar-refractivity contribution in [2.75, 3.05) is 25.6 Å². The van der Waals surface area contributed by atoms with E-state index >= 15 is 0 Å². The molecule has 7 nitrogen and oxygen atoms in total. The molecule has 0 unspecified atom stereocenters. The van der Waals surface area contributed by atoms with Crippen LogP contribution in [0.5, 0.6) is 17.4 Å². The smallest absolute Gasteiger partial charge is 0.218 e. The van der Waals surface area contributed by atoms with E-state index in [1.807, 2.05) is 30.3 Å². The van der Waals surface area contributed by atoms with Crippen molar-refractivity contribution in [1.82, 2.24) is 10.3 Å². The fourth-order valence-corrected chi connectivity index (χ4v) is 3.56. The zero-order valence-corrected chi connectivity index (χ0v) is 19.6. The maximum Gasteiger partial charge on any atom is 0.218 e. The molecule has 2 N–H and O–H groups in total. The van der Waals surface area contributed by atoms with E-state index in [0.717, 1.165) is 42.0 Å². The van der Waals surface area contributed by atoms with E-state index in [4.69, 9.17) is 14.2 Å². The summed E-state index contributed by atoms with van der Waals surface area (Å²) in [6.07, 6.45) is 7.63. The summed E-state index contributed by atoms with van der Waals surface area (Å²) in [7, 11) is 1.75. The van der Waals surface area contributed by atoms with Gasteiger partial charge in [-0.05, 0) is 43.9 Å². The number of hydrogen-bond acceptors (Lipinski definition) is 5. The van der Waals surface area contributed by atoms with E-state index in [9.17, 15) is 0 Å². The third-order valence-corrected chi connectivity index (χ3v) is 5.11. The molecule has 4 rings (SSSR count). The number of aromatic nitrogens is 1. The van der Waals surface area contributed by atoms with Gasteiger partial charge in [0.2, 0.25) is 5.88 Å². The Balaban J connectivity index is 0.00000256. The first-order valence-electron chi connectivity index (χ1n) is 10.3. The third-order valence-electron chi connectivity index (χ3n) is 5.11. The number of ether oxygens (including phenoxy) is 3. The van der Waals surface area contributed by atoms with Crippen LogP contribution in [0, 0.1) is 0 Å². The first-order valence-corrected chi connectivity index (χ1v) is 10.3. The van der Waals surface area contributed by atoms with Gasteiger partial charge in [0.05, 0.1) is 13.2 Å². The van der Waals surface area contributed by atoms with Gasteiger partial charge in [-0.15, -0.1) is 24.0 Å². The van der Waals surface area contributed by atoms with E-state index < -0.39 is 0 Å². The van der Waals surface area contributed by atoms with Gasteiger partial charge in [-0.2, -0.15) is 0 Å². The maximum atomic E-state index is 6.12. The quantitative estimate of drug-likeness (QED) is 0.344. The lowest BCUT2D eigenvalue weighted by Crippen LogP contribution is -2.30. The fourth-order valence-electron chi connectivity index (χ4n) is 3.56. The van der Waals surface area contributed by atoms with Crippen LogP contribution in [-0.4, -0.2) is 37.3 Å². The molecular formula is C22H29IN4O3. The Kier molecular flexibility index (Phi) is 8.41. The van der Waals surface area contributed by atoms with Crippen molar-refractivity contribution in [1.29, 1.82) is 0 Å². The lowest BCUT2D eigenvalue weighted by atomic mass is 10.2. The molecule has 0 amide bonds. The number of hydrogen-bond donors (Lipinski definition) is 2. The molecule has 162 valence electrons. The Morgan fingerprint density at radius 1 is 1.13 bits per heavy atom. The molecule has 1 aliphatic carbocycles. The number of rotatable bonds is 5. The van der Waals surface area contributed by atoms with Gasteiger partial charge in [0, 0.05) is 43.5 Å². The van der Waals surface area contributed by atoms with Gasteiger partial charge in [0.25, 0.3) is 0 Å². The average Bonchev–Trinajstić information content (AvgIpc) is 3.15. The molecule has 0 saturated heterocycles. The number of benzene rings is 1. The summed E-state index contributed by atoms with van der Waals surface area (Å²) in [5.74, 6) is 2.90. The van der Waals surface area contributed by atoms with E-state index in [1.54, 1.807) is 13.2 Å². The van der Waals surface area contributed by atoms with Crippen LogP contribution in [0.2, 0.25) is 0 Å². The van der Waals surface area contributed by atoms with Crippen molar-refractivity contribution < 1.29 is 14.2 Å². The minimum absolute atomic E-state index is 0. The summed E-state index contributed by atoms with van der Waals surface area (Å²) < 4.78 is 17.6. The standard InChI is InChI=1S/C22H28N4O3.HI/c1-23-22(26-17-9-10-19-20(14-17)28-13-5-12-27-19)25-15-16-6-4-11-24-21(16)29-18-7-2-3-8-18;/h4,6,9-11,14,18H,2-3,5,7-8,12-13,15H2,1H3,(H2,23,25,26);1H. The molecule has 1 aromatic heterocycles. The maximum absolute atomic E-state index is 6.12. The SMILES string of the molecule is CN=C(NCc1cccnc1OC1CCCC1)Nc1ccc2c(c1)OCCCO2.I. The molecule has 0 bridgehead atoms. The summed E-state index contributed by atoms with van der Waals surface area (Å²) in [4.78, 5) is 8.76. The lowest BCUT2D eigenvalue weighted by Gasteiger charge is -2.17. The topological polar surface area (TPSA) is 77.0 Å². The fraction of sp³-hybridized carbons (Fsp3) is 0.455. The second-order valence-corrected chi connectivity index (χ2v) is 7.25. The molecule has 1 fully saturated rings. The van der Waals surface area contributed by atoms with Gasteiger partial charge >= 0.3 is 0 Å². The van der Waals surface area contributed by atoms with Crippen molar-refractivity contribution in [3.63, 3.8) is 0 Å². The predicted molar refractivity (Wildman–Crippen MR) is 128 cm³/mol. The van der Waals surface area contributed by atoms with Crippen LogP contribution in [-0.2, 0) is 6.54 Å². The highest BCUT2D eigenvalue weighted by atomic mass is 127. The Labute approximate surface area is 194 Å². The molecule has 8 heteroatoms. The van der Waals surface area contributed by atoms with Crippen LogP contribution < -0.4 is 24.8 Å². The van der Waals surface area contributed by atoms with Gasteiger partial charge in [-0.3, -0.25) is 4.99 Å². The highest BCUT2D eigenvalue weighted by Crippen LogP contribution is 2.32. The number of nitrogens with zero attached hydrogens (tertiary/aromatic N) is 2. The van der Waals surface area contributed by atoms with E-state index in [1.165, 1.54) is 12.8 Å². The van der Waals surface area contributed by atoms with Crippen LogP contribution >= 0.6 is 24.0 Å². The number of halogens is 1. The highest BCUT2D eigenvalue weighted by molar-refractivity contribution is 14.0. The van der Waals surface area contributed by atoms with Gasteiger partial charge in [0.1, 0.15) is 6.10 Å². The summed E-state index contributed by atoms with van der Waals surface area (Å²) in [6.45, 7) is 1.91. The van der Waals surface area contributed by atoms with Gasteiger partial charge in [0.15, 0.2) is 17.5 Å². The van der Waals surface area contributed by atoms with Crippen molar-refractivity contribution in [3.05, 3.63) is 42.1 Å². The van der Waals surface area contributed by atoms with Crippen LogP contribution in [0.3, 0.4) is 0 Å². The molecule has 1 aliphatic heterocycles. The summed E-state index contributed by atoms with van der Waals surface area (Å²) in [5.41, 5.74) is 1.90. The number of aliphatic imine (C=N–C) groups is 1. The van der Waals surface area contributed by atoms with Crippen LogP contribution in [0.1, 0.15) is 37.7 Å². The summed E-state index contributed by atoms with van der Waals surface area (Å²) in [5, 5.41) is 6.64. The first-order chi connectivity index (χ1) is 14.3. The Morgan fingerprint density at radius 3 is 2.73 bits per heavy atom. The third kappa shape index (κ3) is 5.90. The lowest BCUT2D eigenvalue weighted by molar-refractivity contribution is 0.199. The molecule has 2 aliphatic rings. The van der Waals surface area contributed by atoms with Crippen molar-refractivity contribution >= 4 is 35.6 Å². The number of fused-ring (bicyclic) bond motifs is 1. The second-order valence-electron chi connectivity index (χ2n) is 7.25. The molecule has 0 atom stereocenters. The zero-order valence-electron chi connectivity index (χ0n) is 17.2. The molecule has 1 saturated carbocycles. The van der Waals surface area contributed by atoms with E-state index in [2.05, 4.69) is 20.6 Å². The van der Waals surface area contributed by atoms with E-state index in [0.29, 0.717) is 31.6 Å². The Bertz CT molecular complexity index is 856. The number of anilines is 1. The minimum atomic E-state index is 0. The first kappa shape index (κ1) is 22.5. The molecule has 0 spiro atoms. The monoisotopic (exact) mass is 524 g/mol. The summed E-state index contributed by atoms with van der Waals surface area (Å²) in [6, 6.07) is 9.78. The molecule has 30 heavy (non-hydrogen) atoms. The van der Waals surface area contributed by atoms with Gasteiger partial charge < -0.3 is 24.8 Å². The number of guanidine groups is 1. The second kappa shape index (κ2) is 11.2. The Morgan fingerprint density at radius 2 is 1.93 bits per heavy atom. The van der Waals surface area contributed by atoms with Gasteiger partial charge in [-0.1, -0.05) is 6.07 Å². The van der Waals surface area contributed by atoms with Crippen molar-refractivity contribution in [2.45, 2.75) is 44.8 Å². The molecule has 1 aromatic carbocycles. The molecular weight excluding hydrogens is 495 g/mol. The molecule has 2 heterocycles. The van der Waals surface area contributed by atoms with Crippen LogP contribution in [0.15, 0.2) is 41.5 Å². The number of pyridine rings is 1. The minimum Gasteiger partial charge on any atom is -0.490 e. The van der Waals surface area contributed by atoms with Crippen LogP contribution in [0.4, 0.5) is 5.69 Å². The predicted octanol–water partition coefficient (Wildman–Crippen LogP) is 4.37. The average molecular weight is 524 g/mol. The molecule has 2 aromatic rings. The van der Waals surface area contributed by atoms with E-state index in [-0.39, 0.29) is 30.1 Å². The van der Waals surface area contributed by atoms with Crippen LogP contribution in [0.25, 0.3) is 0 Å². The number of nitrogens with one attached hydrogen (secondary N) is 2. The Hall–Kier alpha value is -2.23. The largest absolute Gasteiger partial charge is 0.490 e. The van der Waals surface area contributed by atoms with Crippen molar-refractivity contribution in [3.8, 4) is 17.4 Å². The molecule has 0 radical (unpaired) electrons.